The number of anilines is 2. The number of aliphatic carboxylic acids is 1. The number of amides is 2. The minimum Gasteiger partial charge on any atom is -0.481 e. The summed E-state index contributed by atoms with van der Waals surface area (Å²) in [5.74, 6) is -0.957. The molecule has 8 nitrogen and oxygen atoms in total. The predicted octanol–water partition coefficient (Wildman–Crippen LogP) is 8.98. The van der Waals surface area contributed by atoms with Gasteiger partial charge in [0.05, 0.1) is 24.3 Å². The molecular weight excluding hydrogens is 659 g/mol. The number of carbonyl (C=O) groups is 3. The van der Waals surface area contributed by atoms with Crippen LogP contribution in [0.4, 0.5) is 11.4 Å². The Balaban J connectivity index is 0.000000774. The molecule has 0 saturated carbocycles. The topological polar surface area (TPSA) is 99.2 Å². The molecule has 1 fully saturated rings. The second kappa shape index (κ2) is 15.7. The van der Waals surface area contributed by atoms with Gasteiger partial charge in [-0.1, -0.05) is 66.0 Å². The molecule has 0 aliphatic carbocycles. The highest BCUT2D eigenvalue weighted by atomic mass is 32.2. The molecule has 9 heteroatoms. The van der Waals surface area contributed by atoms with Crippen molar-refractivity contribution in [2.75, 3.05) is 29.5 Å². The van der Waals surface area contributed by atoms with Gasteiger partial charge in [-0.05, 0) is 111 Å². The van der Waals surface area contributed by atoms with Gasteiger partial charge in [-0.15, -0.1) is 0 Å². The molecule has 0 radical (unpaired) electrons. The van der Waals surface area contributed by atoms with Crippen LogP contribution in [0.2, 0.25) is 0 Å². The number of benzene rings is 4. The van der Waals surface area contributed by atoms with E-state index in [4.69, 9.17) is 4.74 Å². The lowest BCUT2D eigenvalue weighted by Crippen LogP contribution is -2.26. The smallest absolute Gasteiger partial charge is 0.307 e. The molecule has 51 heavy (non-hydrogen) atoms. The summed E-state index contributed by atoms with van der Waals surface area (Å²) in [6, 6.07) is 21.7. The lowest BCUT2D eigenvalue weighted by atomic mass is 9.81. The van der Waals surface area contributed by atoms with Crippen LogP contribution < -0.4 is 9.62 Å². The number of carboxylic acid groups (broad SMARTS) is 1. The number of fused-ring (bicyclic) bond motifs is 3. The van der Waals surface area contributed by atoms with Crippen molar-refractivity contribution in [2.45, 2.75) is 79.5 Å². The van der Waals surface area contributed by atoms with Gasteiger partial charge >= 0.3 is 5.97 Å². The largest absolute Gasteiger partial charge is 0.481 e. The fourth-order valence-electron chi connectivity index (χ4n) is 6.74. The third-order valence-electron chi connectivity index (χ3n) is 9.59. The van der Waals surface area contributed by atoms with Gasteiger partial charge in [0.15, 0.2) is 0 Å². The van der Waals surface area contributed by atoms with E-state index in [0.29, 0.717) is 37.3 Å². The lowest BCUT2D eigenvalue weighted by Gasteiger charge is -2.36. The second-order valence-corrected chi connectivity index (χ2v) is 15.0. The van der Waals surface area contributed by atoms with Crippen LogP contribution in [0, 0.1) is 20.8 Å². The number of hydrogen-bond donors (Lipinski definition) is 2. The van der Waals surface area contributed by atoms with E-state index in [1.165, 1.54) is 0 Å². The Labute approximate surface area is 306 Å². The van der Waals surface area contributed by atoms with E-state index in [1.54, 1.807) is 25.1 Å². The van der Waals surface area contributed by atoms with Crippen molar-refractivity contribution in [1.82, 2.24) is 4.90 Å². The van der Waals surface area contributed by atoms with Crippen molar-refractivity contribution in [3.05, 3.63) is 106 Å². The number of aryl methyl sites for hydroxylation is 1. The molecule has 4 aromatic carbocycles. The van der Waals surface area contributed by atoms with Crippen LogP contribution in [-0.4, -0.2) is 53.3 Å². The molecule has 0 unspecified atom stereocenters. The fourth-order valence-corrected chi connectivity index (χ4v) is 7.42. The molecule has 268 valence electrons. The molecule has 0 bridgehead atoms. The summed E-state index contributed by atoms with van der Waals surface area (Å²) in [5, 5.41) is 13.1. The maximum absolute atomic E-state index is 13.7. The highest BCUT2D eigenvalue weighted by molar-refractivity contribution is 7.99. The van der Waals surface area contributed by atoms with Gasteiger partial charge in [0, 0.05) is 49.7 Å². The number of carbonyl (C=O) groups excluding carboxylic acids is 2. The van der Waals surface area contributed by atoms with Crippen molar-refractivity contribution in [3.63, 3.8) is 0 Å². The van der Waals surface area contributed by atoms with Crippen LogP contribution in [0.25, 0.3) is 22.3 Å². The van der Waals surface area contributed by atoms with Gasteiger partial charge in [0.25, 0.3) is 5.91 Å². The Hall–Kier alpha value is -4.60. The summed E-state index contributed by atoms with van der Waals surface area (Å²) < 4.78 is 7.17. The van der Waals surface area contributed by atoms with Crippen molar-refractivity contribution in [1.29, 1.82) is 0 Å². The molecule has 0 atom stereocenters. The van der Waals surface area contributed by atoms with E-state index in [1.807, 2.05) is 76.1 Å². The standard InChI is InChI=1S/C37H37N3O4S.C5H12O/c1-22-11-13-25(14-12-22)34-24(3)35-31-18-28(16-15-27(31)21-40(45-4)36(35)23(2)30(34)19-33(42)43)38-37(44)29-9-6-5-8-26(29)20-39-17-7-10-32(39)41;1-5(2,3)6-4/h5-6,8-9,11-16,18H,7,10,17,19-21H2,1-4H3,(H,38,44)(H,42,43);1-4H3. The minimum absolute atomic E-state index is 0.0417. The molecule has 2 N–H and O–H groups in total. The first-order valence-electron chi connectivity index (χ1n) is 17.3. The van der Waals surface area contributed by atoms with Crippen molar-refractivity contribution in [3.8, 4) is 22.3 Å². The molecular formula is C42H49N3O5S. The SMILES string of the molecule is COC(C)(C)C.CSN1Cc2ccc(NC(=O)c3ccccc3CN3CCCC3=O)cc2-c2c(C)c(-c3ccc(C)cc3)c(CC(=O)O)c(C)c21. The summed E-state index contributed by atoms with van der Waals surface area (Å²) in [4.78, 5) is 39.9. The van der Waals surface area contributed by atoms with Crippen LogP contribution in [0.3, 0.4) is 0 Å². The lowest BCUT2D eigenvalue weighted by molar-refractivity contribution is -0.136. The highest BCUT2D eigenvalue weighted by Crippen LogP contribution is 2.50. The number of rotatable bonds is 8. The van der Waals surface area contributed by atoms with Crippen LogP contribution >= 0.6 is 11.9 Å². The number of ether oxygens (including phenoxy) is 1. The predicted molar refractivity (Wildman–Crippen MR) is 208 cm³/mol. The Morgan fingerprint density at radius 1 is 0.961 bits per heavy atom. The summed E-state index contributed by atoms with van der Waals surface area (Å²) >= 11 is 1.62. The Morgan fingerprint density at radius 3 is 2.25 bits per heavy atom. The first kappa shape index (κ1) is 37.7. The van der Waals surface area contributed by atoms with E-state index < -0.39 is 5.97 Å². The van der Waals surface area contributed by atoms with Gasteiger partial charge in [-0.3, -0.25) is 14.4 Å². The minimum atomic E-state index is -0.864. The maximum Gasteiger partial charge on any atom is 0.307 e. The zero-order valence-corrected chi connectivity index (χ0v) is 31.8. The maximum atomic E-state index is 13.7. The zero-order chi connectivity index (χ0) is 37.0. The van der Waals surface area contributed by atoms with Crippen molar-refractivity contribution >= 4 is 41.1 Å². The van der Waals surface area contributed by atoms with Gasteiger partial charge in [-0.2, -0.15) is 0 Å². The van der Waals surface area contributed by atoms with Crippen LogP contribution in [-0.2, 0) is 33.8 Å². The van der Waals surface area contributed by atoms with E-state index >= 15 is 0 Å². The molecule has 2 amide bonds. The first-order chi connectivity index (χ1) is 24.2. The fraction of sp³-hybridized carbons (Fsp3) is 0.357. The summed E-state index contributed by atoms with van der Waals surface area (Å²) in [7, 11) is 1.71. The van der Waals surface area contributed by atoms with E-state index in [-0.39, 0.29) is 23.8 Å². The quantitative estimate of drug-likeness (QED) is 0.177. The average Bonchev–Trinajstić information content (AvgIpc) is 3.50. The Morgan fingerprint density at radius 2 is 1.65 bits per heavy atom. The molecule has 4 aromatic rings. The van der Waals surface area contributed by atoms with Crippen LogP contribution in [0.1, 0.15) is 77.4 Å². The first-order valence-corrected chi connectivity index (χ1v) is 18.5. The number of nitrogens with zero attached hydrogens (tertiary/aromatic N) is 2. The van der Waals surface area contributed by atoms with E-state index in [2.05, 4.69) is 46.9 Å². The normalized spacial score (nSPS) is 13.7. The molecule has 2 aliphatic heterocycles. The van der Waals surface area contributed by atoms with E-state index in [0.717, 1.165) is 67.7 Å². The second-order valence-electron chi connectivity index (χ2n) is 14.2. The molecule has 0 spiro atoms. The monoisotopic (exact) mass is 707 g/mol. The molecule has 6 rings (SSSR count). The van der Waals surface area contributed by atoms with Crippen molar-refractivity contribution < 1.29 is 24.2 Å². The van der Waals surface area contributed by atoms with Crippen LogP contribution in [0.5, 0.6) is 0 Å². The molecule has 1 saturated heterocycles. The number of nitrogens with one attached hydrogen (secondary N) is 1. The van der Waals surface area contributed by atoms with Gasteiger partial charge < -0.3 is 24.4 Å². The summed E-state index contributed by atoms with van der Waals surface area (Å²) in [6.45, 7) is 14.0. The van der Waals surface area contributed by atoms with Gasteiger partial charge in [-0.25, -0.2) is 0 Å². The van der Waals surface area contributed by atoms with Crippen molar-refractivity contribution in [2.24, 2.45) is 0 Å². The number of likely N-dealkylation sites (tertiary alicyclic amines) is 1. The summed E-state index contributed by atoms with van der Waals surface area (Å²) in [5.41, 5.74) is 12.2. The third-order valence-corrected chi connectivity index (χ3v) is 10.3. The third kappa shape index (κ3) is 8.48. The average molecular weight is 708 g/mol. The van der Waals surface area contributed by atoms with E-state index in [9.17, 15) is 19.5 Å². The van der Waals surface area contributed by atoms with Crippen LogP contribution in [0.15, 0.2) is 66.7 Å². The number of carboxylic acids is 1. The molecule has 0 aromatic heterocycles. The Kier molecular flexibility index (Phi) is 11.6. The highest BCUT2D eigenvalue weighted by Gasteiger charge is 2.31. The number of methoxy groups -OCH3 is 1. The van der Waals surface area contributed by atoms with Gasteiger partial charge in [0.1, 0.15) is 0 Å². The summed E-state index contributed by atoms with van der Waals surface area (Å²) in [6.07, 6.45) is 3.37. The number of hydrogen-bond acceptors (Lipinski definition) is 6. The Bertz CT molecular complexity index is 1950. The zero-order valence-electron chi connectivity index (χ0n) is 31.0. The molecule has 2 heterocycles. The molecule has 2 aliphatic rings. The van der Waals surface area contributed by atoms with Gasteiger partial charge in [0.2, 0.25) is 5.91 Å².